The number of hydrogen-bond donors (Lipinski definition) is 1. The van der Waals surface area contributed by atoms with Crippen molar-refractivity contribution >= 4 is 37.6 Å². The Morgan fingerprint density at radius 3 is 2.45 bits per heavy atom. The van der Waals surface area contributed by atoms with Crippen LogP contribution < -0.4 is 9.88 Å². The minimum absolute atomic E-state index is 0.0548. The van der Waals surface area contributed by atoms with Crippen LogP contribution in [0.4, 0.5) is 0 Å². The standard InChI is InChI=1S/C13H11BrClNO3S/c1-8-2-3-9(14)6-13(8)19-12-5-4-10(7-11(12)15)20(16,17)18/h2-7H,1H3,(H2,16,17,18). The van der Waals surface area contributed by atoms with Gasteiger partial charge >= 0.3 is 0 Å². The van der Waals surface area contributed by atoms with Gasteiger partial charge in [-0.2, -0.15) is 0 Å². The first kappa shape index (κ1) is 15.3. The molecule has 0 aliphatic carbocycles. The summed E-state index contributed by atoms with van der Waals surface area (Å²) in [6, 6.07) is 9.69. The first-order valence-electron chi connectivity index (χ1n) is 5.54. The monoisotopic (exact) mass is 375 g/mol. The van der Waals surface area contributed by atoms with E-state index in [-0.39, 0.29) is 9.92 Å². The highest BCUT2D eigenvalue weighted by Gasteiger charge is 2.12. The molecule has 0 spiro atoms. The molecule has 20 heavy (non-hydrogen) atoms. The number of primary sulfonamides is 1. The lowest BCUT2D eigenvalue weighted by molar-refractivity contribution is 0.478. The van der Waals surface area contributed by atoms with Crippen LogP contribution in [-0.4, -0.2) is 8.42 Å². The van der Waals surface area contributed by atoms with Crippen molar-refractivity contribution < 1.29 is 13.2 Å². The summed E-state index contributed by atoms with van der Waals surface area (Å²) >= 11 is 9.38. The lowest BCUT2D eigenvalue weighted by Gasteiger charge is -2.11. The van der Waals surface area contributed by atoms with Gasteiger partial charge in [-0.25, -0.2) is 13.6 Å². The van der Waals surface area contributed by atoms with Crippen molar-refractivity contribution in [1.82, 2.24) is 0 Å². The van der Waals surface area contributed by atoms with Crippen molar-refractivity contribution in [2.24, 2.45) is 5.14 Å². The molecule has 0 aliphatic heterocycles. The zero-order valence-corrected chi connectivity index (χ0v) is 13.6. The highest BCUT2D eigenvalue weighted by molar-refractivity contribution is 9.10. The van der Waals surface area contributed by atoms with Crippen LogP contribution in [0.3, 0.4) is 0 Å². The summed E-state index contributed by atoms with van der Waals surface area (Å²) in [5, 5.41) is 5.22. The van der Waals surface area contributed by atoms with E-state index in [1.54, 1.807) is 6.07 Å². The number of sulfonamides is 1. The summed E-state index contributed by atoms with van der Waals surface area (Å²) in [4.78, 5) is -0.0548. The Balaban J connectivity index is 2.38. The quantitative estimate of drug-likeness (QED) is 0.884. The average Bonchev–Trinajstić information content (AvgIpc) is 2.35. The van der Waals surface area contributed by atoms with Gasteiger partial charge in [-0.15, -0.1) is 0 Å². The summed E-state index contributed by atoms with van der Waals surface area (Å²) in [6.07, 6.45) is 0. The Morgan fingerprint density at radius 2 is 1.85 bits per heavy atom. The highest BCUT2D eigenvalue weighted by Crippen LogP contribution is 2.33. The first-order valence-corrected chi connectivity index (χ1v) is 8.25. The van der Waals surface area contributed by atoms with Crippen molar-refractivity contribution in [1.29, 1.82) is 0 Å². The number of ether oxygens (including phenoxy) is 1. The van der Waals surface area contributed by atoms with E-state index in [9.17, 15) is 8.42 Å². The zero-order valence-electron chi connectivity index (χ0n) is 10.4. The van der Waals surface area contributed by atoms with Crippen LogP contribution in [0.1, 0.15) is 5.56 Å². The van der Waals surface area contributed by atoms with Gasteiger partial charge < -0.3 is 4.74 Å². The molecule has 0 fully saturated rings. The van der Waals surface area contributed by atoms with Gasteiger partial charge in [-0.1, -0.05) is 33.6 Å². The number of rotatable bonds is 3. The molecule has 0 saturated carbocycles. The minimum Gasteiger partial charge on any atom is -0.455 e. The van der Waals surface area contributed by atoms with Gasteiger partial charge in [0.15, 0.2) is 0 Å². The molecule has 0 heterocycles. The van der Waals surface area contributed by atoms with Crippen LogP contribution in [0.2, 0.25) is 5.02 Å². The molecule has 0 atom stereocenters. The van der Waals surface area contributed by atoms with E-state index in [2.05, 4.69) is 15.9 Å². The molecule has 2 rings (SSSR count). The topological polar surface area (TPSA) is 69.4 Å². The molecular weight excluding hydrogens is 366 g/mol. The van der Waals surface area contributed by atoms with E-state index in [1.165, 1.54) is 18.2 Å². The summed E-state index contributed by atoms with van der Waals surface area (Å²) < 4.78 is 29.0. The molecule has 0 bridgehead atoms. The normalized spacial score (nSPS) is 11.4. The average molecular weight is 377 g/mol. The molecule has 2 aromatic rings. The fraction of sp³-hybridized carbons (Fsp3) is 0.0769. The second-order valence-electron chi connectivity index (χ2n) is 4.15. The SMILES string of the molecule is Cc1ccc(Br)cc1Oc1ccc(S(N)(=O)=O)cc1Cl. The maximum atomic E-state index is 11.2. The maximum absolute atomic E-state index is 11.2. The fourth-order valence-electron chi connectivity index (χ4n) is 1.54. The minimum atomic E-state index is -3.78. The molecule has 4 nitrogen and oxygen atoms in total. The molecule has 2 aromatic carbocycles. The van der Waals surface area contributed by atoms with Gasteiger partial charge in [-0.3, -0.25) is 0 Å². The zero-order chi connectivity index (χ0) is 14.9. The highest BCUT2D eigenvalue weighted by atomic mass is 79.9. The van der Waals surface area contributed by atoms with Gasteiger partial charge in [-0.05, 0) is 42.8 Å². The van der Waals surface area contributed by atoms with Crippen molar-refractivity contribution in [3.63, 3.8) is 0 Å². The molecule has 2 N–H and O–H groups in total. The molecular formula is C13H11BrClNO3S. The largest absolute Gasteiger partial charge is 0.455 e. The molecule has 0 amide bonds. The number of halogens is 2. The van der Waals surface area contributed by atoms with Gasteiger partial charge in [0.1, 0.15) is 11.5 Å². The Bertz CT molecular complexity index is 762. The van der Waals surface area contributed by atoms with E-state index in [0.29, 0.717) is 11.5 Å². The van der Waals surface area contributed by atoms with E-state index in [4.69, 9.17) is 21.5 Å². The van der Waals surface area contributed by atoms with Crippen LogP contribution in [0, 0.1) is 6.92 Å². The molecule has 0 radical (unpaired) electrons. The second-order valence-corrected chi connectivity index (χ2v) is 7.03. The molecule has 106 valence electrons. The van der Waals surface area contributed by atoms with Gasteiger partial charge in [0, 0.05) is 4.47 Å². The number of nitrogens with two attached hydrogens (primary N) is 1. The summed E-state index contributed by atoms with van der Waals surface area (Å²) in [6.45, 7) is 1.90. The van der Waals surface area contributed by atoms with E-state index in [1.807, 2.05) is 19.1 Å². The summed E-state index contributed by atoms with van der Waals surface area (Å²) in [5.74, 6) is 0.991. The lowest BCUT2D eigenvalue weighted by Crippen LogP contribution is -2.11. The first-order chi connectivity index (χ1) is 9.27. The third-order valence-corrected chi connectivity index (χ3v) is 4.30. The smallest absolute Gasteiger partial charge is 0.238 e. The number of aryl methyl sites for hydroxylation is 1. The van der Waals surface area contributed by atoms with Crippen LogP contribution in [-0.2, 0) is 10.0 Å². The number of hydrogen-bond acceptors (Lipinski definition) is 3. The van der Waals surface area contributed by atoms with E-state index in [0.717, 1.165) is 10.0 Å². The van der Waals surface area contributed by atoms with Crippen molar-refractivity contribution in [3.8, 4) is 11.5 Å². The van der Waals surface area contributed by atoms with E-state index < -0.39 is 10.0 Å². The van der Waals surface area contributed by atoms with Crippen molar-refractivity contribution in [2.75, 3.05) is 0 Å². The van der Waals surface area contributed by atoms with Gasteiger partial charge in [0.2, 0.25) is 10.0 Å². The maximum Gasteiger partial charge on any atom is 0.238 e. The van der Waals surface area contributed by atoms with E-state index >= 15 is 0 Å². The lowest BCUT2D eigenvalue weighted by atomic mass is 10.2. The van der Waals surface area contributed by atoms with Gasteiger partial charge in [0.05, 0.1) is 9.92 Å². The van der Waals surface area contributed by atoms with Crippen molar-refractivity contribution in [2.45, 2.75) is 11.8 Å². The molecule has 0 aliphatic rings. The Hall–Kier alpha value is -1.08. The van der Waals surface area contributed by atoms with Crippen LogP contribution >= 0.6 is 27.5 Å². The number of benzene rings is 2. The fourth-order valence-corrected chi connectivity index (χ4v) is 2.71. The van der Waals surface area contributed by atoms with Crippen molar-refractivity contribution in [3.05, 3.63) is 51.5 Å². The predicted molar refractivity (Wildman–Crippen MR) is 81.8 cm³/mol. The predicted octanol–water partition coefficient (Wildman–Crippen LogP) is 3.85. The van der Waals surface area contributed by atoms with Crippen LogP contribution in [0.15, 0.2) is 45.8 Å². The third kappa shape index (κ3) is 3.52. The van der Waals surface area contributed by atoms with Crippen LogP contribution in [0.5, 0.6) is 11.5 Å². The molecule has 0 unspecified atom stereocenters. The Kier molecular flexibility index (Phi) is 4.39. The summed E-state index contributed by atoms with van der Waals surface area (Å²) in [7, 11) is -3.78. The summed E-state index contributed by atoms with van der Waals surface area (Å²) in [5.41, 5.74) is 0.930. The molecule has 0 aromatic heterocycles. The van der Waals surface area contributed by atoms with Crippen LogP contribution in [0.25, 0.3) is 0 Å². The Labute approximate surface area is 130 Å². The molecule has 7 heteroatoms. The second kappa shape index (κ2) is 5.73. The molecule has 0 saturated heterocycles. The van der Waals surface area contributed by atoms with Gasteiger partial charge in [0.25, 0.3) is 0 Å². The Morgan fingerprint density at radius 1 is 1.15 bits per heavy atom. The third-order valence-electron chi connectivity index (χ3n) is 2.60.